The summed E-state index contributed by atoms with van der Waals surface area (Å²) in [4.78, 5) is 14.9. The summed E-state index contributed by atoms with van der Waals surface area (Å²) in [7, 11) is 0. The predicted octanol–water partition coefficient (Wildman–Crippen LogP) is 3.84. The first-order chi connectivity index (χ1) is 8.97. The number of aromatic nitrogens is 1. The fraction of sp³-hybridized carbons (Fsp3) is 0.143. The molecule has 2 aromatic rings. The van der Waals surface area contributed by atoms with Gasteiger partial charge in [0.15, 0.2) is 0 Å². The second-order valence-corrected chi connectivity index (χ2v) is 4.51. The Hall–Kier alpha value is -2.07. The Morgan fingerprint density at radius 1 is 1.32 bits per heavy atom. The Morgan fingerprint density at radius 2 is 2.05 bits per heavy atom. The zero-order valence-electron chi connectivity index (χ0n) is 10.5. The van der Waals surface area contributed by atoms with Crippen molar-refractivity contribution in [2.45, 2.75) is 13.8 Å². The quantitative estimate of drug-likeness (QED) is 0.866. The fourth-order valence-electron chi connectivity index (χ4n) is 1.60. The molecule has 1 heterocycles. The Kier molecular flexibility index (Phi) is 3.71. The lowest BCUT2D eigenvalue weighted by Crippen LogP contribution is -1.99. The molecule has 0 amide bonds. The molecule has 0 bridgehead atoms. The van der Waals surface area contributed by atoms with Gasteiger partial charge in [-0.15, -0.1) is 0 Å². The van der Waals surface area contributed by atoms with Crippen LogP contribution < -0.4 is 4.74 Å². The molecule has 98 valence electrons. The third kappa shape index (κ3) is 3.03. The van der Waals surface area contributed by atoms with Crippen LogP contribution in [-0.4, -0.2) is 16.1 Å². The van der Waals surface area contributed by atoms with Gasteiger partial charge in [-0.3, -0.25) is 0 Å². The van der Waals surface area contributed by atoms with Gasteiger partial charge in [-0.25, -0.2) is 9.78 Å². The second-order valence-electron chi connectivity index (χ2n) is 4.12. The molecular formula is C14H12ClNO3. The van der Waals surface area contributed by atoms with E-state index in [4.69, 9.17) is 21.4 Å². The molecule has 4 nitrogen and oxygen atoms in total. The molecule has 0 atom stereocenters. The minimum Gasteiger partial charge on any atom is -0.478 e. The lowest BCUT2D eigenvalue weighted by Gasteiger charge is -2.10. The fourth-order valence-corrected chi connectivity index (χ4v) is 1.80. The van der Waals surface area contributed by atoms with Crippen LogP contribution in [0.1, 0.15) is 21.5 Å². The first-order valence-electron chi connectivity index (χ1n) is 5.62. The number of carbonyl (C=O) groups is 1. The second kappa shape index (κ2) is 5.28. The number of pyridine rings is 1. The maximum absolute atomic E-state index is 10.9. The van der Waals surface area contributed by atoms with Crippen LogP contribution in [0, 0.1) is 13.8 Å². The lowest BCUT2D eigenvalue weighted by molar-refractivity contribution is 0.0696. The Bertz CT molecular complexity index is 641. The topological polar surface area (TPSA) is 59.4 Å². The van der Waals surface area contributed by atoms with Crippen LogP contribution in [0.5, 0.6) is 11.6 Å². The summed E-state index contributed by atoms with van der Waals surface area (Å²) in [6, 6.07) is 8.25. The zero-order valence-corrected chi connectivity index (χ0v) is 11.2. The standard InChI is InChI=1S/C14H12ClNO3/c1-8-4-3-5-11(9(8)2)19-13-7-10(14(17)18)6-12(15)16-13/h3-7H,1-2H3,(H,17,18). The van der Waals surface area contributed by atoms with E-state index < -0.39 is 5.97 Å². The number of ether oxygens (including phenoxy) is 1. The van der Waals surface area contributed by atoms with Crippen molar-refractivity contribution < 1.29 is 14.6 Å². The van der Waals surface area contributed by atoms with Gasteiger partial charge in [-0.05, 0) is 37.1 Å². The van der Waals surface area contributed by atoms with E-state index in [1.54, 1.807) is 6.07 Å². The molecule has 0 saturated carbocycles. The van der Waals surface area contributed by atoms with Crippen LogP contribution in [0.15, 0.2) is 30.3 Å². The van der Waals surface area contributed by atoms with E-state index in [0.717, 1.165) is 11.1 Å². The van der Waals surface area contributed by atoms with Crippen LogP contribution in [0.4, 0.5) is 0 Å². The summed E-state index contributed by atoms with van der Waals surface area (Å²) in [5.74, 6) is -0.278. The van der Waals surface area contributed by atoms with Crippen LogP contribution in [0.3, 0.4) is 0 Å². The van der Waals surface area contributed by atoms with Crippen LogP contribution in [-0.2, 0) is 0 Å². The molecule has 1 N–H and O–H groups in total. The zero-order chi connectivity index (χ0) is 14.0. The number of benzene rings is 1. The van der Waals surface area contributed by atoms with Crippen molar-refractivity contribution in [1.82, 2.24) is 4.98 Å². The first kappa shape index (κ1) is 13.4. The molecule has 1 aromatic carbocycles. The molecule has 19 heavy (non-hydrogen) atoms. The predicted molar refractivity (Wildman–Crippen MR) is 72.2 cm³/mol. The van der Waals surface area contributed by atoms with E-state index in [2.05, 4.69) is 4.98 Å². The third-order valence-electron chi connectivity index (χ3n) is 2.79. The van der Waals surface area contributed by atoms with Gasteiger partial charge in [0.1, 0.15) is 10.9 Å². The number of aryl methyl sites for hydroxylation is 1. The summed E-state index contributed by atoms with van der Waals surface area (Å²) in [5, 5.41) is 9.04. The molecular weight excluding hydrogens is 266 g/mol. The summed E-state index contributed by atoms with van der Waals surface area (Å²) >= 11 is 5.78. The van der Waals surface area contributed by atoms with Crippen molar-refractivity contribution in [3.05, 3.63) is 52.2 Å². The number of hydrogen-bond donors (Lipinski definition) is 1. The molecule has 0 aliphatic heterocycles. The van der Waals surface area contributed by atoms with Gasteiger partial charge in [0.05, 0.1) is 5.56 Å². The highest BCUT2D eigenvalue weighted by Gasteiger charge is 2.10. The minimum absolute atomic E-state index is 0.0420. The summed E-state index contributed by atoms with van der Waals surface area (Å²) in [5.41, 5.74) is 2.10. The molecule has 0 radical (unpaired) electrons. The molecule has 0 aliphatic rings. The van der Waals surface area contributed by atoms with Gasteiger partial charge in [0.25, 0.3) is 0 Å². The van der Waals surface area contributed by atoms with E-state index in [1.807, 2.05) is 26.0 Å². The van der Waals surface area contributed by atoms with Crippen molar-refractivity contribution in [1.29, 1.82) is 0 Å². The number of carboxylic acid groups (broad SMARTS) is 1. The number of halogens is 1. The maximum Gasteiger partial charge on any atom is 0.335 e. The van der Waals surface area contributed by atoms with Gasteiger partial charge in [0.2, 0.25) is 5.88 Å². The van der Waals surface area contributed by atoms with Crippen molar-refractivity contribution >= 4 is 17.6 Å². The van der Waals surface area contributed by atoms with Gasteiger partial charge >= 0.3 is 5.97 Å². The summed E-state index contributed by atoms with van der Waals surface area (Å²) in [6.45, 7) is 3.89. The maximum atomic E-state index is 10.9. The molecule has 5 heteroatoms. The average molecular weight is 278 g/mol. The monoisotopic (exact) mass is 277 g/mol. The highest BCUT2D eigenvalue weighted by molar-refractivity contribution is 6.29. The Labute approximate surface area is 115 Å². The molecule has 0 unspecified atom stereocenters. The van der Waals surface area contributed by atoms with Crippen molar-refractivity contribution in [2.24, 2.45) is 0 Å². The molecule has 1 aromatic heterocycles. The molecule has 0 aliphatic carbocycles. The van der Waals surface area contributed by atoms with Gasteiger partial charge in [0, 0.05) is 6.07 Å². The van der Waals surface area contributed by atoms with E-state index in [1.165, 1.54) is 12.1 Å². The average Bonchev–Trinajstić information content (AvgIpc) is 2.34. The first-order valence-corrected chi connectivity index (χ1v) is 6.00. The Morgan fingerprint density at radius 3 is 2.74 bits per heavy atom. The van der Waals surface area contributed by atoms with E-state index >= 15 is 0 Å². The van der Waals surface area contributed by atoms with Gasteiger partial charge in [-0.2, -0.15) is 0 Å². The summed E-state index contributed by atoms with van der Waals surface area (Å²) in [6.07, 6.45) is 0. The number of carboxylic acids is 1. The minimum atomic E-state index is -1.07. The lowest BCUT2D eigenvalue weighted by atomic mass is 10.1. The van der Waals surface area contributed by atoms with E-state index in [-0.39, 0.29) is 16.6 Å². The largest absolute Gasteiger partial charge is 0.478 e. The van der Waals surface area contributed by atoms with Crippen LogP contribution >= 0.6 is 11.6 Å². The van der Waals surface area contributed by atoms with Crippen molar-refractivity contribution in [3.63, 3.8) is 0 Å². The molecule has 0 fully saturated rings. The highest BCUT2D eigenvalue weighted by Crippen LogP contribution is 2.27. The number of aromatic carboxylic acids is 1. The highest BCUT2D eigenvalue weighted by atomic mass is 35.5. The molecule has 2 rings (SSSR count). The third-order valence-corrected chi connectivity index (χ3v) is 2.98. The SMILES string of the molecule is Cc1cccc(Oc2cc(C(=O)O)cc(Cl)n2)c1C. The number of nitrogens with zero attached hydrogens (tertiary/aromatic N) is 1. The van der Waals surface area contributed by atoms with Crippen molar-refractivity contribution in [3.8, 4) is 11.6 Å². The van der Waals surface area contributed by atoms with Crippen LogP contribution in [0.2, 0.25) is 5.15 Å². The van der Waals surface area contributed by atoms with E-state index in [0.29, 0.717) is 5.75 Å². The van der Waals surface area contributed by atoms with Crippen LogP contribution in [0.25, 0.3) is 0 Å². The smallest absolute Gasteiger partial charge is 0.335 e. The Balaban J connectivity index is 2.38. The van der Waals surface area contributed by atoms with Crippen molar-refractivity contribution in [2.75, 3.05) is 0 Å². The van der Waals surface area contributed by atoms with Gasteiger partial charge < -0.3 is 9.84 Å². The normalized spacial score (nSPS) is 10.3. The molecule has 0 spiro atoms. The summed E-state index contributed by atoms with van der Waals surface area (Å²) < 4.78 is 5.60. The van der Waals surface area contributed by atoms with E-state index in [9.17, 15) is 4.79 Å². The molecule has 0 saturated heterocycles. The van der Waals surface area contributed by atoms with Gasteiger partial charge in [-0.1, -0.05) is 23.7 Å². The number of hydrogen-bond acceptors (Lipinski definition) is 3. The number of rotatable bonds is 3.